The number of fused-ring (bicyclic) bond motifs is 1. The van der Waals surface area contributed by atoms with Crippen LogP contribution in [-0.4, -0.2) is 46.3 Å². The van der Waals surface area contributed by atoms with Crippen LogP contribution in [-0.2, 0) is 6.42 Å². The number of nitrogens with two attached hydrogens (primary N) is 1. The summed E-state index contributed by atoms with van der Waals surface area (Å²) in [5.74, 6) is -1.72. The van der Waals surface area contributed by atoms with E-state index < -0.39 is 23.1 Å². The molecule has 0 bridgehead atoms. The van der Waals surface area contributed by atoms with Crippen molar-refractivity contribution < 1.29 is 23.4 Å². The number of aromatic nitrogens is 2. The van der Waals surface area contributed by atoms with Gasteiger partial charge < -0.3 is 25.8 Å². The molecule has 0 spiro atoms. The summed E-state index contributed by atoms with van der Waals surface area (Å²) in [6, 6.07) is 3.50. The quantitative estimate of drug-likeness (QED) is 0.480. The molecule has 1 saturated heterocycles. The van der Waals surface area contributed by atoms with Crippen molar-refractivity contribution in [1.29, 1.82) is 0 Å². The topological polar surface area (TPSA) is 114 Å². The Bertz CT molecular complexity index is 1310. The standard InChI is InChI=1S/C25H27F2N5O3S/c1-12-10-32(11-13(2)25(12,3)34)20-14-7-8-35-23(14)29-9-17(20)30-22(33)19-21(28)36-24(31-19)18-15(26)5-4-6-16(18)27/h4-6,9,12-13,34H,7-8,10-11,28H2,1-3H3,(H,30,33)/t12-,13+,25?. The molecule has 0 aliphatic carbocycles. The Labute approximate surface area is 211 Å². The predicted octanol–water partition coefficient (Wildman–Crippen LogP) is 4.10. The zero-order valence-electron chi connectivity index (χ0n) is 20.1. The average molecular weight is 516 g/mol. The number of carbonyl (C=O) groups excluding carboxylic acids is 1. The maximum atomic E-state index is 14.3. The molecule has 1 fully saturated rings. The Morgan fingerprint density at radius 1 is 1.28 bits per heavy atom. The number of thiazole rings is 1. The summed E-state index contributed by atoms with van der Waals surface area (Å²) >= 11 is 0.839. The first-order valence-electron chi connectivity index (χ1n) is 11.7. The molecule has 5 rings (SSSR count). The maximum Gasteiger partial charge on any atom is 0.277 e. The minimum absolute atomic E-state index is 0.0186. The van der Waals surface area contributed by atoms with E-state index in [1.54, 1.807) is 0 Å². The van der Waals surface area contributed by atoms with Crippen molar-refractivity contribution in [2.75, 3.05) is 35.6 Å². The van der Waals surface area contributed by atoms with Crippen molar-refractivity contribution in [1.82, 2.24) is 9.97 Å². The molecular weight excluding hydrogens is 488 g/mol. The SMILES string of the molecule is C[C@@H]1CN(c2c(NC(=O)c3nc(-c4c(F)cccc4F)sc3N)cnc3c2CCO3)C[C@H](C)C1(C)O. The fraction of sp³-hybridized carbons (Fsp3) is 0.400. The van der Waals surface area contributed by atoms with Gasteiger partial charge in [0.2, 0.25) is 5.88 Å². The number of pyridine rings is 1. The van der Waals surface area contributed by atoms with Crippen molar-refractivity contribution >= 4 is 33.6 Å². The van der Waals surface area contributed by atoms with Gasteiger partial charge in [0.1, 0.15) is 21.6 Å². The first-order chi connectivity index (χ1) is 17.1. The monoisotopic (exact) mass is 515 g/mol. The van der Waals surface area contributed by atoms with E-state index in [1.165, 1.54) is 12.3 Å². The van der Waals surface area contributed by atoms with Crippen LogP contribution in [0.25, 0.3) is 10.6 Å². The second-order valence-electron chi connectivity index (χ2n) is 9.62. The molecule has 2 aliphatic rings. The summed E-state index contributed by atoms with van der Waals surface area (Å²) < 4.78 is 34.2. The highest BCUT2D eigenvalue weighted by Gasteiger charge is 2.42. The van der Waals surface area contributed by atoms with Crippen LogP contribution in [0.15, 0.2) is 24.4 Å². The lowest BCUT2D eigenvalue weighted by Gasteiger charge is -2.47. The molecule has 3 aromatic rings. The van der Waals surface area contributed by atoms with Gasteiger partial charge in [-0.3, -0.25) is 4.79 Å². The van der Waals surface area contributed by atoms with Gasteiger partial charge in [-0.2, -0.15) is 0 Å². The van der Waals surface area contributed by atoms with Crippen LogP contribution in [0.1, 0.15) is 36.8 Å². The highest BCUT2D eigenvalue weighted by atomic mass is 32.1. The van der Waals surface area contributed by atoms with E-state index in [9.17, 15) is 18.7 Å². The van der Waals surface area contributed by atoms with Gasteiger partial charge in [0, 0.05) is 36.9 Å². The molecule has 11 heteroatoms. The Balaban J connectivity index is 1.49. The fourth-order valence-electron chi connectivity index (χ4n) is 4.84. The van der Waals surface area contributed by atoms with Crippen molar-refractivity contribution in [2.24, 2.45) is 11.8 Å². The summed E-state index contributed by atoms with van der Waals surface area (Å²) in [5.41, 5.74) is 6.91. The van der Waals surface area contributed by atoms with Gasteiger partial charge >= 0.3 is 0 Å². The Morgan fingerprint density at radius 2 is 1.94 bits per heavy atom. The summed E-state index contributed by atoms with van der Waals surface area (Å²) in [6.07, 6.45) is 2.16. The van der Waals surface area contributed by atoms with E-state index in [0.717, 1.165) is 34.7 Å². The Kier molecular flexibility index (Phi) is 6.08. The molecule has 4 heterocycles. The number of aliphatic hydroxyl groups is 1. The van der Waals surface area contributed by atoms with E-state index in [1.807, 2.05) is 20.8 Å². The zero-order valence-corrected chi connectivity index (χ0v) is 21.0. The summed E-state index contributed by atoms with van der Waals surface area (Å²) in [7, 11) is 0. The first-order valence-corrected chi connectivity index (χ1v) is 12.5. The van der Waals surface area contributed by atoms with Crippen LogP contribution in [0.4, 0.5) is 25.2 Å². The van der Waals surface area contributed by atoms with Crippen LogP contribution in [0.5, 0.6) is 5.88 Å². The number of halogens is 2. The third-order valence-corrected chi connectivity index (χ3v) is 8.20. The lowest BCUT2D eigenvalue weighted by atomic mass is 9.76. The molecule has 8 nitrogen and oxygen atoms in total. The van der Waals surface area contributed by atoms with Crippen LogP contribution in [0.3, 0.4) is 0 Å². The molecule has 0 saturated carbocycles. The second-order valence-corrected chi connectivity index (χ2v) is 10.6. The van der Waals surface area contributed by atoms with Gasteiger partial charge in [-0.05, 0) is 19.1 Å². The number of benzene rings is 1. The first kappa shape index (κ1) is 24.4. The minimum Gasteiger partial charge on any atom is -0.477 e. The van der Waals surface area contributed by atoms with Crippen LogP contribution in [0, 0.1) is 23.5 Å². The molecule has 1 unspecified atom stereocenters. The Hall–Kier alpha value is -3.31. The third-order valence-electron chi connectivity index (χ3n) is 7.29. The number of hydrogen-bond acceptors (Lipinski definition) is 8. The van der Waals surface area contributed by atoms with E-state index >= 15 is 0 Å². The number of ether oxygens (including phenoxy) is 1. The molecule has 1 aromatic carbocycles. The minimum atomic E-state index is -0.819. The van der Waals surface area contributed by atoms with Crippen molar-refractivity contribution in [2.45, 2.75) is 32.8 Å². The average Bonchev–Trinajstić information content (AvgIpc) is 3.44. The van der Waals surface area contributed by atoms with Gasteiger partial charge in [0.15, 0.2) is 5.69 Å². The number of carbonyl (C=O) groups is 1. The number of nitrogen functional groups attached to an aromatic ring is 1. The number of amides is 1. The molecule has 2 aromatic heterocycles. The number of rotatable bonds is 4. The number of piperidine rings is 1. The number of nitrogens with zero attached hydrogens (tertiary/aromatic N) is 3. The highest BCUT2D eigenvalue weighted by Crippen LogP contribution is 2.43. The van der Waals surface area contributed by atoms with Crippen LogP contribution in [0.2, 0.25) is 0 Å². The van der Waals surface area contributed by atoms with Crippen molar-refractivity contribution in [3.05, 3.63) is 47.3 Å². The van der Waals surface area contributed by atoms with Gasteiger partial charge in [0.25, 0.3) is 5.91 Å². The summed E-state index contributed by atoms with van der Waals surface area (Å²) in [6.45, 7) is 7.48. The molecular formula is C25H27F2N5O3S. The Morgan fingerprint density at radius 3 is 2.61 bits per heavy atom. The van der Waals surface area contributed by atoms with Gasteiger partial charge in [-0.1, -0.05) is 31.3 Å². The lowest BCUT2D eigenvalue weighted by Crippen LogP contribution is -2.55. The van der Waals surface area contributed by atoms with Gasteiger partial charge in [0.05, 0.1) is 35.3 Å². The smallest absolute Gasteiger partial charge is 0.277 e. The molecule has 4 N–H and O–H groups in total. The van der Waals surface area contributed by atoms with Gasteiger partial charge in [-0.15, -0.1) is 0 Å². The molecule has 190 valence electrons. The van der Waals surface area contributed by atoms with E-state index in [-0.39, 0.29) is 33.1 Å². The molecule has 1 amide bonds. The van der Waals surface area contributed by atoms with Crippen LogP contribution >= 0.6 is 11.3 Å². The largest absolute Gasteiger partial charge is 0.477 e. The van der Waals surface area contributed by atoms with Crippen molar-refractivity contribution in [3.8, 4) is 16.5 Å². The maximum absolute atomic E-state index is 14.3. The molecule has 2 aliphatic heterocycles. The summed E-state index contributed by atoms with van der Waals surface area (Å²) in [4.78, 5) is 23.9. The molecule has 0 radical (unpaired) electrons. The van der Waals surface area contributed by atoms with Gasteiger partial charge in [-0.25, -0.2) is 18.7 Å². The van der Waals surface area contributed by atoms with E-state index in [4.69, 9.17) is 10.5 Å². The van der Waals surface area contributed by atoms with E-state index in [2.05, 4.69) is 20.2 Å². The third kappa shape index (κ3) is 4.05. The number of anilines is 3. The summed E-state index contributed by atoms with van der Waals surface area (Å²) in [5, 5.41) is 13.8. The van der Waals surface area contributed by atoms with Crippen molar-refractivity contribution in [3.63, 3.8) is 0 Å². The molecule has 36 heavy (non-hydrogen) atoms. The number of hydrogen-bond donors (Lipinski definition) is 3. The van der Waals surface area contributed by atoms with E-state index in [0.29, 0.717) is 37.7 Å². The number of nitrogens with one attached hydrogen (secondary N) is 1. The predicted molar refractivity (Wildman–Crippen MR) is 134 cm³/mol. The fourth-order valence-corrected chi connectivity index (χ4v) is 5.71. The lowest BCUT2D eigenvalue weighted by molar-refractivity contribution is -0.0503. The zero-order chi connectivity index (χ0) is 25.8. The highest BCUT2D eigenvalue weighted by molar-refractivity contribution is 7.19. The second kappa shape index (κ2) is 8.97. The van der Waals surface area contributed by atoms with Crippen LogP contribution < -0.4 is 20.7 Å². The molecule has 3 atom stereocenters. The normalized spacial score (nSPS) is 23.3.